The summed E-state index contributed by atoms with van der Waals surface area (Å²) in [7, 11) is 0. The number of H-pyrrole nitrogens is 2. The van der Waals surface area contributed by atoms with Crippen LogP contribution in [0.1, 0.15) is 0 Å². The van der Waals surface area contributed by atoms with Gasteiger partial charge in [-0.05, 0) is 12.1 Å². The highest BCUT2D eigenvalue weighted by Crippen LogP contribution is 2.22. The van der Waals surface area contributed by atoms with Crippen LogP contribution in [-0.2, 0) is 0 Å². The van der Waals surface area contributed by atoms with Crippen molar-refractivity contribution in [3.8, 4) is 17.2 Å². The number of aromatic hydroxyl groups is 1. The number of nitrogens with one attached hydrogen (secondary N) is 2. The first-order valence-electron chi connectivity index (χ1n) is 3.32. The molecule has 0 bridgehead atoms. The van der Waals surface area contributed by atoms with Gasteiger partial charge in [-0.3, -0.25) is 15.0 Å². The number of hydrogen-bond acceptors (Lipinski definition) is 3. The molecule has 12 heavy (non-hydrogen) atoms. The Kier molecular flexibility index (Phi) is 1.30. The molecule has 0 radical (unpaired) electrons. The molecule has 2 aromatic heterocycles. The third kappa shape index (κ3) is 0.833. The van der Waals surface area contributed by atoms with E-state index in [9.17, 15) is 4.79 Å². The molecule has 0 aliphatic carbocycles. The van der Waals surface area contributed by atoms with Crippen LogP contribution in [0.25, 0.3) is 11.3 Å². The Balaban J connectivity index is 2.68. The number of furan rings is 1. The van der Waals surface area contributed by atoms with Crippen molar-refractivity contribution in [3.05, 3.63) is 28.7 Å². The van der Waals surface area contributed by atoms with E-state index in [2.05, 4.69) is 10.2 Å². The highest BCUT2D eigenvalue weighted by molar-refractivity contribution is 5.61. The highest BCUT2D eigenvalue weighted by atomic mass is 16.3. The van der Waals surface area contributed by atoms with Crippen molar-refractivity contribution < 1.29 is 9.52 Å². The summed E-state index contributed by atoms with van der Waals surface area (Å²) in [6.07, 6.45) is 1.43. The fraction of sp³-hybridized carbons (Fsp3) is 0. The van der Waals surface area contributed by atoms with Crippen LogP contribution >= 0.6 is 0 Å². The topological polar surface area (TPSA) is 82.0 Å². The quantitative estimate of drug-likeness (QED) is 0.582. The van der Waals surface area contributed by atoms with Crippen molar-refractivity contribution >= 4 is 0 Å². The fourth-order valence-electron chi connectivity index (χ4n) is 0.998. The first-order chi connectivity index (χ1) is 5.79. The molecule has 0 spiro atoms. The second-order valence-electron chi connectivity index (χ2n) is 2.28. The van der Waals surface area contributed by atoms with Crippen LogP contribution < -0.4 is 5.56 Å². The minimum Gasteiger partial charge on any atom is -0.493 e. The van der Waals surface area contributed by atoms with Crippen molar-refractivity contribution in [1.82, 2.24) is 10.2 Å². The second-order valence-corrected chi connectivity index (χ2v) is 2.28. The third-order valence-electron chi connectivity index (χ3n) is 1.53. The fourth-order valence-corrected chi connectivity index (χ4v) is 0.998. The molecule has 0 unspecified atom stereocenters. The van der Waals surface area contributed by atoms with E-state index in [-0.39, 0.29) is 11.4 Å². The molecule has 0 saturated carbocycles. The van der Waals surface area contributed by atoms with Gasteiger partial charge in [0.15, 0.2) is 0 Å². The summed E-state index contributed by atoms with van der Waals surface area (Å²) in [6, 6.07) is 3.24. The molecule has 5 nitrogen and oxygen atoms in total. The van der Waals surface area contributed by atoms with Crippen LogP contribution in [0.5, 0.6) is 5.88 Å². The maximum atomic E-state index is 11.0. The summed E-state index contributed by atoms with van der Waals surface area (Å²) in [5.74, 6) is 0.130. The van der Waals surface area contributed by atoms with Crippen LogP contribution in [0.15, 0.2) is 27.6 Å². The number of rotatable bonds is 1. The molecule has 0 saturated heterocycles. The summed E-state index contributed by atoms with van der Waals surface area (Å²) in [6.45, 7) is 0. The van der Waals surface area contributed by atoms with E-state index >= 15 is 0 Å². The van der Waals surface area contributed by atoms with Crippen molar-refractivity contribution in [1.29, 1.82) is 0 Å². The summed E-state index contributed by atoms with van der Waals surface area (Å²) in [5.41, 5.74) is -0.276. The molecule has 0 fully saturated rings. The zero-order chi connectivity index (χ0) is 8.55. The smallest absolute Gasteiger partial charge is 0.278 e. The summed E-state index contributed by atoms with van der Waals surface area (Å²) >= 11 is 0. The normalized spacial score (nSPS) is 10.3. The summed E-state index contributed by atoms with van der Waals surface area (Å²) < 4.78 is 4.94. The Hall–Kier alpha value is -1.91. The maximum Gasteiger partial charge on any atom is 0.278 e. The Morgan fingerprint density at radius 3 is 2.75 bits per heavy atom. The summed E-state index contributed by atoms with van der Waals surface area (Å²) in [5, 5.41) is 13.7. The van der Waals surface area contributed by atoms with Crippen molar-refractivity contribution in [2.24, 2.45) is 0 Å². The molecule has 2 aromatic rings. The van der Waals surface area contributed by atoms with E-state index in [0.717, 1.165) is 0 Å². The van der Waals surface area contributed by atoms with Gasteiger partial charge >= 0.3 is 0 Å². The van der Waals surface area contributed by atoms with Gasteiger partial charge in [0.05, 0.1) is 6.26 Å². The standard InChI is InChI=1S/C7H6N2O3/c10-6-5(7(11)9-8-6)4-2-1-3-12-4/h1-3H,(H3,8,9,10,11). The van der Waals surface area contributed by atoms with Gasteiger partial charge in [-0.15, -0.1) is 0 Å². The molecule has 3 N–H and O–H groups in total. The third-order valence-corrected chi connectivity index (χ3v) is 1.53. The Labute approximate surface area is 66.6 Å². The van der Waals surface area contributed by atoms with Crippen LogP contribution in [0.4, 0.5) is 0 Å². The molecule has 0 aliphatic heterocycles. The first kappa shape index (κ1) is 6.78. The van der Waals surface area contributed by atoms with Gasteiger partial charge in [0.1, 0.15) is 11.3 Å². The predicted molar refractivity (Wildman–Crippen MR) is 40.8 cm³/mol. The minimum absolute atomic E-state index is 0.125. The van der Waals surface area contributed by atoms with Crippen molar-refractivity contribution in [2.45, 2.75) is 0 Å². The average molecular weight is 166 g/mol. The lowest BCUT2D eigenvalue weighted by Gasteiger charge is -1.88. The monoisotopic (exact) mass is 166 g/mol. The van der Waals surface area contributed by atoms with Crippen LogP contribution in [-0.4, -0.2) is 15.3 Å². The SMILES string of the molecule is O=c1[nH][nH]c(O)c1-c1ccco1. The maximum absolute atomic E-state index is 11.0. The van der Waals surface area contributed by atoms with E-state index in [1.54, 1.807) is 12.1 Å². The second kappa shape index (κ2) is 2.30. The minimum atomic E-state index is -0.401. The molecular weight excluding hydrogens is 160 g/mol. The summed E-state index contributed by atoms with van der Waals surface area (Å²) in [4.78, 5) is 11.0. The number of hydrogen-bond donors (Lipinski definition) is 3. The van der Waals surface area contributed by atoms with Crippen molar-refractivity contribution in [3.63, 3.8) is 0 Å². The van der Waals surface area contributed by atoms with E-state index in [0.29, 0.717) is 5.76 Å². The molecule has 2 rings (SSSR count). The molecule has 62 valence electrons. The molecule has 0 aromatic carbocycles. The molecule has 2 heterocycles. The van der Waals surface area contributed by atoms with E-state index in [1.807, 2.05) is 0 Å². The average Bonchev–Trinajstić information content (AvgIpc) is 2.61. The zero-order valence-corrected chi connectivity index (χ0v) is 6.00. The highest BCUT2D eigenvalue weighted by Gasteiger charge is 2.12. The van der Waals surface area contributed by atoms with Crippen LogP contribution in [0, 0.1) is 0 Å². The number of aromatic amines is 2. The molecule has 0 aliphatic rings. The van der Waals surface area contributed by atoms with Gasteiger partial charge in [-0.2, -0.15) is 0 Å². The molecule has 5 heteroatoms. The Bertz CT molecular complexity index is 424. The molecular formula is C7H6N2O3. The lowest BCUT2D eigenvalue weighted by Crippen LogP contribution is -2.00. The van der Waals surface area contributed by atoms with E-state index in [1.165, 1.54) is 6.26 Å². The van der Waals surface area contributed by atoms with Crippen LogP contribution in [0.3, 0.4) is 0 Å². The van der Waals surface area contributed by atoms with Gasteiger partial charge in [-0.25, -0.2) is 0 Å². The Morgan fingerprint density at radius 1 is 1.42 bits per heavy atom. The lowest BCUT2D eigenvalue weighted by atomic mass is 10.2. The van der Waals surface area contributed by atoms with Gasteiger partial charge in [0.25, 0.3) is 5.56 Å². The zero-order valence-electron chi connectivity index (χ0n) is 6.00. The van der Waals surface area contributed by atoms with Gasteiger partial charge in [0.2, 0.25) is 5.88 Å². The first-order valence-corrected chi connectivity index (χ1v) is 3.32. The van der Waals surface area contributed by atoms with Gasteiger partial charge in [0, 0.05) is 0 Å². The molecule has 0 atom stereocenters. The van der Waals surface area contributed by atoms with Gasteiger partial charge < -0.3 is 9.52 Å². The van der Waals surface area contributed by atoms with E-state index in [4.69, 9.17) is 9.52 Å². The molecule has 0 amide bonds. The lowest BCUT2D eigenvalue weighted by molar-refractivity contribution is 0.451. The van der Waals surface area contributed by atoms with E-state index < -0.39 is 5.56 Å². The largest absolute Gasteiger partial charge is 0.493 e. The number of aromatic nitrogens is 2. The van der Waals surface area contributed by atoms with Gasteiger partial charge in [-0.1, -0.05) is 0 Å². The Morgan fingerprint density at radius 2 is 2.25 bits per heavy atom. The predicted octanol–water partition coefficient (Wildman–Crippen LogP) is 0.669. The van der Waals surface area contributed by atoms with Crippen molar-refractivity contribution in [2.75, 3.05) is 0 Å². The van der Waals surface area contributed by atoms with Crippen LogP contribution in [0.2, 0.25) is 0 Å².